The molecule has 0 heterocycles. The monoisotopic (exact) mass is 122 g/mol. The Bertz CT molecular complexity index is 301. The van der Waals surface area contributed by atoms with E-state index in [4.69, 9.17) is 0 Å². The summed E-state index contributed by atoms with van der Waals surface area (Å²) in [5.41, 5.74) is 0. The minimum Gasteiger partial charge on any atom is -0.207 e. The second-order valence-corrected chi connectivity index (χ2v) is 1.91. The summed E-state index contributed by atoms with van der Waals surface area (Å²) in [4.78, 5) is 0. The molecule has 0 spiro atoms. The van der Waals surface area contributed by atoms with Crippen LogP contribution in [0.15, 0.2) is 18.2 Å². The lowest BCUT2D eigenvalue weighted by molar-refractivity contribution is 0.626. The Morgan fingerprint density at radius 3 is 2.22 bits per heavy atom. The summed E-state index contributed by atoms with van der Waals surface area (Å²) in [5, 5.41) is 1.42. The lowest BCUT2D eigenvalue weighted by Gasteiger charge is -1.85. The molecule has 1 heteroatoms. The molecule has 0 aliphatic carbocycles. The van der Waals surface area contributed by atoms with Crippen molar-refractivity contribution in [3.05, 3.63) is 34.5 Å². The molecule has 46 valence electrons. The molecule has 0 amide bonds. The van der Waals surface area contributed by atoms with Gasteiger partial charge in [0.1, 0.15) is 5.82 Å². The highest BCUT2D eigenvalue weighted by molar-refractivity contribution is 5.16. The maximum Gasteiger partial charge on any atom is 0.123 e. The maximum absolute atomic E-state index is 12.3. The molecule has 9 heavy (non-hydrogen) atoms. The molecule has 0 fully saturated rings. The zero-order valence-electron chi connectivity index (χ0n) is 5.02. The highest BCUT2D eigenvalue weighted by Gasteiger charge is 1.83. The molecule has 0 aliphatic rings. The molecule has 0 aromatic heterocycles. The first-order chi connectivity index (χ1) is 4.20. The topological polar surface area (TPSA) is 0 Å². The second-order valence-electron chi connectivity index (χ2n) is 1.91. The van der Waals surface area contributed by atoms with E-state index in [2.05, 4.69) is 13.2 Å². The molecule has 0 atom stereocenters. The van der Waals surface area contributed by atoms with E-state index in [1.165, 1.54) is 12.1 Å². The minimum atomic E-state index is -0.257. The largest absolute Gasteiger partial charge is 0.207 e. The first kappa shape index (κ1) is 6.02. The first-order valence-corrected chi connectivity index (χ1v) is 2.63. The molecule has 0 aliphatic heterocycles. The molecular weight excluding hydrogens is 115 g/mol. The van der Waals surface area contributed by atoms with E-state index < -0.39 is 0 Å². The summed E-state index contributed by atoms with van der Waals surface area (Å²) >= 11 is 0. The van der Waals surface area contributed by atoms with Crippen LogP contribution in [0, 0.1) is 5.82 Å². The van der Waals surface area contributed by atoms with Crippen LogP contribution in [-0.2, 0) is 0 Å². The van der Waals surface area contributed by atoms with Crippen molar-refractivity contribution in [2.24, 2.45) is 0 Å². The molecule has 0 N–H and O–H groups in total. The predicted molar refractivity (Wildman–Crippen MR) is 36.7 cm³/mol. The fourth-order valence-corrected chi connectivity index (χ4v) is 0.594. The third kappa shape index (κ3) is 1.17. The van der Waals surface area contributed by atoms with E-state index in [1.807, 2.05) is 0 Å². The highest BCUT2D eigenvalue weighted by atomic mass is 19.1. The van der Waals surface area contributed by atoms with E-state index in [-0.39, 0.29) is 5.82 Å². The van der Waals surface area contributed by atoms with Crippen LogP contribution in [-0.4, -0.2) is 0 Å². The third-order valence-corrected chi connectivity index (χ3v) is 1.17. The Balaban J connectivity index is 3.53. The molecule has 0 bridgehead atoms. The van der Waals surface area contributed by atoms with E-state index in [9.17, 15) is 4.39 Å². The van der Waals surface area contributed by atoms with Crippen LogP contribution in [0.25, 0.3) is 13.2 Å². The molecule has 0 radical (unpaired) electrons. The number of rotatable bonds is 0. The van der Waals surface area contributed by atoms with Gasteiger partial charge in [-0.3, -0.25) is 0 Å². The fourth-order valence-electron chi connectivity index (χ4n) is 0.594. The van der Waals surface area contributed by atoms with Gasteiger partial charge in [0.2, 0.25) is 0 Å². The number of benzene rings is 1. The van der Waals surface area contributed by atoms with Crippen molar-refractivity contribution < 1.29 is 4.39 Å². The molecule has 1 aromatic rings. The van der Waals surface area contributed by atoms with Crippen molar-refractivity contribution in [3.8, 4) is 0 Å². The average molecular weight is 122 g/mol. The summed E-state index contributed by atoms with van der Waals surface area (Å²) in [6.45, 7) is 7.21. The van der Waals surface area contributed by atoms with Crippen molar-refractivity contribution in [3.63, 3.8) is 0 Å². The summed E-state index contributed by atoms with van der Waals surface area (Å²) in [6.07, 6.45) is 0. The molecular formula is C8H7F. The van der Waals surface area contributed by atoms with Crippen LogP contribution < -0.4 is 10.4 Å². The van der Waals surface area contributed by atoms with Gasteiger partial charge < -0.3 is 0 Å². The number of hydrogen-bond acceptors (Lipinski definition) is 0. The number of hydrogen-bond donors (Lipinski definition) is 0. The molecule has 1 aromatic carbocycles. The van der Waals surface area contributed by atoms with Crippen LogP contribution >= 0.6 is 0 Å². The van der Waals surface area contributed by atoms with Gasteiger partial charge >= 0.3 is 0 Å². The Morgan fingerprint density at radius 2 is 1.78 bits per heavy atom. The van der Waals surface area contributed by atoms with Gasteiger partial charge in [-0.1, -0.05) is 19.2 Å². The summed E-state index contributed by atoms with van der Waals surface area (Å²) in [5.74, 6) is -0.257. The summed E-state index contributed by atoms with van der Waals surface area (Å²) < 4.78 is 12.3. The Hall–Kier alpha value is -1.11. The second kappa shape index (κ2) is 2.02. The van der Waals surface area contributed by atoms with E-state index in [0.717, 1.165) is 5.22 Å². The Kier molecular flexibility index (Phi) is 1.35. The van der Waals surface area contributed by atoms with Crippen molar-refractivity contribution in [2.45, 2.75) is 0 Å². The van der Waals surface area contributed by atoms with Gasteiger partial charge in [0.05, 0.1) is 0 Å². The van der Waals surface area contributed by atoms with Crippen LogP contribution in [0.2, 0.25) is 0 Å². The van der Waals surface area contributed by atoms with E-state index >= 15 is 0 Å². The molecule has 0 nitrogen and oxygen atoms in total. The van der Waals surface area contributed by atoms with Crippen LogP contribution in [0.3, 0.4) is 0 Å². The standard InChI is InChI=1S/C8H7F/c1-6-3-4-8(9)5-7(6)2/h3-5H,1-2H2. The van der Waals surface area contributed by atoms with E-state index in [0.29, 0.717) is 5.22 Å². The lowest BCUT2D eigenvalue weighted by atomic mass is 10.3. The van der Waals surface area contributed by atoms with Gasteiger partial charge in [-0.2, -0.15) is 0 Å². The van der Waals surface area contributed by atoms with Crippen molar-refractivity contribution in [2.75, 3.05) is 0 Å². The normalized spacial score (nSPS) is 9.44. The third-order valence-electron chi connectivity index (χ3n) is 1.17. The van der Waals surface area contributed by atoms with Crippen LogP contribution in [0.1, 0.15) is 0 Å². The summed E-state index contributed by atoms with van der Waals surface area (Å²) in [7, 11) is 0. The van der Waals surface area contributed by atoms with Gasteiger partial charge in [0.15, 0.2) is 0 Å². The van der Waals surface area contributed by atoms with E-state index in [1.54, 1.807) is 6.07 Å². The molecule has 0 saturated carbocycles. The van der Waals surface area contributed by atoms with Gasteiger partial charge in [-0.05, 0) is 22.6 Å². The average Bonchev–Trinajstić information content (AvgIpc) is 1.80. The fraction of sp³-hybridized carbons (Fsp3) is 0. The van der Waals surface area contributed by atoms with Gasteiger partial charge in [-0.15, -0.1) is 0 Å². The van der Waals surface area contributed by atoms with Gasteiger partial charge in [0, 0.05) is 0 Å². The zero-order chi connectivity index (χ0) is 6.85. The molecule has 1 rings (SSSR count). The molecule has 0 unspecified atom stereocenters. The first-order valence-electron chi connectivity index (χ1n) is 2.63. The van der Waals surface area contributed by atoms with Crippen molar-refractivity contribution >= 4 is 13.2 Å². The SMILES string of the molecule is C=c1ccc(F)cc1=C. The van der Waals surface area contributed by atoms with Gasteiger partial charge in [-0.25, -0.2) is 4.39 Å². The highest BCUT2D eigenvalue weighted by Crippen LogP contribution is 1.84. The molecule has 0 saturated heterocycles. The van der Waals surface area contributed by atoms with Crippen LogP contribution in [0.4, 0.5) is 4.39 Å². The Morgan fingerprint density at radius 1 is 1.11 bits per heavy atom. The lowest BCUT2D eigenvalue weighted by Crippen LogP contribution is -2.20. The predicted octanol–water partition coefficient (Wildman–Crippen LogP) is 0.646. The van der Waals surface area contributed by atoms with Crippen molar-refractivity contribution in [1.29, 1.82) is 0 Å². The maximum atomic E-state index is 12.3. The smallest absolute Gasteiger partial charge is 0.123 e. The minimum absolute atomic E-state index is 0.257. The van der Waals surface area contributed by atoms with Crippen molar-refractivity contribution in [1.82, 2.24) is 0 Å². The summed E-state index contributed by atoms with van der Waals surface area (Å²) in [6, 6.07) is 4.34. The quantitative estimate of drug-likeness (QED) is 0.474. The zero-order valence-corrected chi connectivity index (χ0v) is 5.02. The van der Waals surface area contributed by atoms with Crippen LogP contribution in [0.5, 0.6) is 0 Å². The van der Waals surface area contributed by atoms with Gasteiger partial charge in [0.25, 0.3) is 0 Å². The number of halogens is 1. The Labute approximate surface area is 52.9 Å².